The molecule has 0 saturated carbocycles. The monoisotopic (exact) mass is 217 g/mol. The molecule has 0 radical (unpaired) electrons. The van der Waals surface area contributed by atoms with Crippen LogP contribution in [0, 0.1) is 6.92 Å². The van der Waals surface area contributed by atoms with Crippen molar-refractivity contribution in [3.05, 3.63) is 35.5 Å². The van der Waals surface area contributed by atoms with E-state index in [9.17, 15) is 0 Å². The maximum atomic E-state index is 5.61. The van der Waals surface area contributed by atoms with Crippen LogP contribution in [0.4, 0.5) is 0 Å². The molecule has 0 amide bonds. The minimum atomic E-state index is 0.466. The quantitative estimate of drug-likeness (QED) is 0.824. The highest BCUT2D eigenvalue weighted by atomic mass is 16.5. The summed E-state index contributed by atoms with van der Waals surface area (Å²) in [6.07, 6.45) is 0. The lowest BCUT2D eigenvalue weighted by molar-refractivity contribution is 0.416. The molecule has 0 fully saturated rings. The number of aromatic nitrogens is 2. The van der Waals surface area contributed by atoms with E-state index < -0.39 is 0 Å². The summed E-state index contributed by atoms with van der Waals surface area (Å²) in [6.45, 7) is 2.47. The SMILES string of the molecule is COc1ccccc1-c1n[nH]c(CN)c1C. The van der Waals surface area contributed by atoms with Gasteiger partial charge < -0.3 is 10.5 Å². The lowest BCUT2D eigenvalue weighted by Crippen LogP contribution is -1.98. The number of hydrogen-bond acceptors (Lipinski definition) is 3. The molecule has 0 atom stereocenters. The van der Waals surface area contributed by atoms with Gasteiger partial charge in [-0.25, -0.2) is 0 Å². The molecule has 4 nitrogen and oxygen atoms in total. The molecule has 16 heavy (non-hydrogen) atoms. The van der Waals surface area contributed by atoms with Crippen LogP contribution in [0.1, 0.15) is 11.3 Å². The molecule has 0 unspecified atom stereocenters. The van der Waals surface area contributed by atoms with Crippen LogP contribution in [0.15, 0.2) is 24.3 Å². The van der Waals surface area contributed by atoms with Crippen LogP contribution in [0.3, 0.4) is 0 Å². The van der Waals surface area contributed by atoms with Crippen molar-refractivity contribution in [2.75, 3.05) is 7.11 Å². The average molecular weight is 217 g/mol. The summed E-state index contributed by atoms with van der Waals surface area (Å²) in [7, 11) is 1.66. The molecule has 4 heteroatoms. The van der Waals surface area contributed by atoms with E-state index in [4.69, 9.17) is 10.5 Å². The third-order valence-electron chi connectivity index (χ3n) is 2.68. The Kier molecular flexibility index (Phi) is 2.92. The Morgan fingerprint density at radius 3 is 2.75 bits per heavy atom. The number of rotatable bonds is 3. The van der Waals surface area contributed by atoms with Gasteiger partial charge in [0, 0.05) is 12.1 Å². The Morgan fingerprint density at radius 2 is 2.12 bits per heavy atom. The van der Waals surface area contributed by atoms with Gasteiger partial charge >= 0.3 is 0 Å². The molecule has 0 aliphatic heterocycles. The maximum Gasteiger partial charge on any atom is 0.128 e. The number of nitrogens with two attached hydrogens (primary N) is 1. The van der Waals surface area contributed by atoms with Gasteiger partial charge in [0.2, 0.25) is 0 Å². The molecule has 84 valence electrons. The number of benzene rings is 1. The summed E-state index contributed by atoms with van der Waals surface area (Å²) >= 11 is 0. The topological polar surface area (TPSA) is 63.9 Å². The highest BCUT2D eigenvalue weighted by Gasteiger charge is 2.13. The first-order chi connectivity index (χ1) is 7.77. The van der Waals surface area contributed by atoms with Gasteiger partial charge in [0.15, 0.2) is 0 Å². The fraction of sp³-hybridized carbons (Fsp3) is 0.250. The fourth-order valence-electron chi connectivity index (χ4n) is 1.74. The van der Waals surface area contributed by atoms with E-state index in [-0.39, 0.29) is 0 Å². The minimum Gasteiger partial charge on any atom is -0.496 e. The van der Waals surface area contributed by atoms with Crippen molar-refractivity contribution in [1.29, 1.82) is 0 Å². The second-order valence-corrected chi connectivity index (χ2v) is 3.58. The second kappa shape index (κ2) is 4.37. The number of para-hydroxylation sites is 1. The maximum absolute atomic E-state index is 5.61. The van der Waals surface area contributed by atoms with Crippen molar-refractivity contribution in [2.45, 2.75) is 13.5 Å². The van der Waals surface area contributed by atoms with E-state index in [2.05, 4.69) is 10.2 Å². The zero-order valence-electron chi connectivity index (χ0n) is 9.45. The highest BCUT2D eigenvalue weighted by Crippen LogP contribution is 2.31. The van der Waals surface area contributed by atoms with Gasteiger partial charge in [0.05, 0.1) is 18.5 Å². The first-order valence-corrected chi connectivity index (χ1v) is 5.15. The van der Waals surface area contributed by atoms with Gasteiger partial charge in [0.25, 0.3) is 0 Å². The highest BCUT2D eigenvalue weighted by molar-refractivity contribution is 5.70. The summed E-state index contributed by atoms with van der Waals surface area (Å²) in [5, 5.41) is 7.22. The lowest BCUT2D eigenvalue weighted by Gasteiger charge is -2.06. The molecule has 1 heterocycles. The fourth-order valence-corrected chi connectivity index (χ4v) is 1.74. The molecule has 1 aromatic heterocycles. The smallest absolute Gasteiger partial charge is 0.128 e. The van der Waals surface area contributed by atoms with E-state index in [1.807, 2.05) is 31.2 Å². The summed E-state index contributed by atoms with van der Waals surface area (Å²) in [4.78, 5) is 0. The molecule has 0 saturated heterocycles. The predicted molar refractivity (Wildman–Crippen MR) is 63.2 cm³/mol. The lowest BCUT2D eigenvalue weighted by atomic mass is 10.1. The number of hydrogen-bond donors (Lipinski definition) is 2. The minimum absolute atomic E-state index is 0.466. The Labute approximate surface area is 94.4 Å². The van der Waals surface area contributed by atoms with Crippen molar-refractivity contribution in [2.24, 2.45) is 5.73 Å². The Bertz CT molecular complexity index is 491. The number of nitrogens with zero attached hydrogens (tertiary/aromatic N) is 1. The van der Waals surface area contributed by atoms with Crippen LogP contribution < -0.4 is 10.5 Å². The van der Waals surface area contributed by atoms with Crippen LogP contribution in [-0.4, -0.2) is 17.3 Å². The molecular formula is C12H15N3O. The zero-order valence-corrected chi connectivity index (χ0v) is 9.45. The van der Waals surface area contributed by atoms with E-state index in [0.717, 1.165) is 28.3 Å². The number of H-pyrrole nitrogens is 1. The number of ether oxygens (including phenoxy) is 1. The Hall–Kier alpha value is -1.81. The van der Waals surface area contributed by atoms with Gasteiger partial charge in [-0.3, -0.25) is 5.10 Å². The van der Waals surface area contributed by atoms with Gasteiger partial charge in [0.1, 0.15) is 5.75 Å². The number of methoxy groups -OCH3 is 1. The molecule has 2 rings (SSSR count). The molecule has 1 aromatic carbocycles. The Morgan fingerprint density at radius 1 is 1.38 bits per heavy atom. The number of nitrogens with one attached hydrogen (secondary N) is 1. The number of aromatic amines is 1. The molecule has 0 aliphatic carbocycles. The van der Waals surface area contributed by atoms with Crippen molar-refractivity contribution in [3.63, 3.8) is 0 Å². The first kappa shape index (κ1) is 10.7. The summed E-state index contributed by atoms with van der Waals surface area (Å²) in [5.74, 6) is 0.820. The third-order valence-corrected chi connectivity index (χ3v) is 2.68. The van der Waals surface area contributed by atoms with Crippen molar-refractivity contribution >= 4 is 0 Å². The van der Waals surface area contributed by atoms with Crippen LogP contribution in [0.5, 0.6) is 5.75 Å². The molecule has 2 aromatic rings. The van der Waals surface area contributed by atoms with Gasteiger partial charge in [-0.15, -0.1) is 0 Å². The zero-order chi connectivity index (χ0) is 11.5. The summed E-state index contributed by atoms with van der Waals surface area (Å²) < 4.78 is 5.31. The Balaban J connectivity index is 2.54. The normalized spacial score (nSPS) is 10.4. The van der Waals surface area contributed by atoms with Crippen LogP contribution in [0.2, 0.25) is 0 Å². The third kappa shape index (κ3) is 1.67. The molecule has 0 bridgehead atoms. The van der Waals surface area contributed by atoms with Gasteiger partial charge in [-0.05, 0) is 24.6 Å². The van der Waals surface area contributed by atoms with Crippen LogP contribution in [0.25, 0.3) is 11.3 Å². The van der Waals surface area contributed by atoms with Crippen LogP contribution in [-0.2, 0) is 6.54 Å². The molecule has 0 aliphatic rings. The standard InChI is InChI=1S/C12H15N3O/c1-8-10(7-13)14-15-12(8)9-5-3-4-6-11(9)16-2/h3-6H,7,13H2,1-2H3,(H,14,15). The van der Waals surface area contributed by atoms with E-state index in [1.54, 1.807) is 7.11 Å². The molecule has 3 N–H and O–H groups in total. The second-order valence-electron chi connectivity index (χ2n) is 3.58. The van der Waals surface area contributed by atoms with Crippen molar-refractivity contribution < 1.29 is 4.74 Å². The van der Waals surface area contributed by atoms with E-state index >= 15 is 0 Å². The van der Waals surface area contributed by atoms with Crippen molar-refractivity contribution in [1.82, 2.24) is 10.2 Å². The van der Waals surface area contributed by atoms with Gasteiger partial charge in [-0.2, -0.15) is 5.10 Å². The van der Waals surface area contributed by atoms with Crippen molar-refractivity contribution in [3.8, 4) is 17.0 Å². The van der Waals surface area contributed by atoms with Gasteiger partial charge in [-0.1, -0.05) is 12.1 Å². The molecule has 0 spiro atoms. The van der Waals surface area contributed by atoms with E-state index in [0.29, 0.717) is 6.54 Å². The summed E-state index contributed by atoms with van der Waals surface area (Å²) in [5.41, 5.74) is 9.53. The van der Waals surface area contributed by atoms with Crippen LogP contribution >= 0.6 is 0 Å². The van der Waals surface area contributed by atoms with E-state index in [1.165, 1.54) is 0 Å². The molecular weight excluding hydrogens is 202 g/mol. The average Bonchev–Trinajstić information content (AvgIpc) is 2.70. The summed E-state index contributed by atoms with van der Waals surface area (Å²) in [6, 6.07) is 7.82. The first-order valence-electron chi connectivity index (χ1n) is 5.15. The largest absolute Gasteiger partial charge is 0.496 e. The predicted octanol–water partition coefficient (Wildman–Crippen LogP) is 1.85.